The average molecular weight is 277 g/mol. The zero-order chi connectivity index (χ0) is 13.9. The van der Waals surface area contributed by atoms with Crippen LogP contribution in [0.1, 0.15) is 42.6 Å². The van der Waals surface area contributed by atoms with E-state index in [-0.39, 0.29) is 5.91 Å². The van der Waals surface area contributed by atoms with E-state index in [1.54, 1.807) is 0 Å². The Morgan fingerprint density at radius 3 is 2.70 bits per heavy atom. The topological polar surface area (TPSA) is 65.1 Å². The number of hydrogen-bond acceptors (Lipinski definition) is 4. The van der Waals surface area contributed by atoms with Crippen LogP contribution in [-0.2, 0) is 6.42 Å². The Morgan fingerprint density at radius 2 is 2.05 bits per heavy atom. The number of H-pyrrole nitrogens is 1. The number of carbonyl (C=O) groups excluding carboxylic acids is 1. The SMILES string of the molecule is CCCc1nc(C(=O)N2CCN(CC3CC3)CC2)n[nH]1. The molecule has 6 heteroatoms. The number of aromatic nitrogens is 3. The summed E-state index contributed by atoms with van der Waals surface area (Å²) in [7, 11) is 0. The van der Waals surface area contributed by atoms with Crippen molar-refractivity contribution in [2.45, 2.75) is 32.6 Å². The number of carbonyl (C=O) groups is 1. The van der Waals surface area contributed by atoms with Gasteiger partial charge in [0, 0.05) is 39.1 Å². The van der Waals surface area contributed by atoms with Crippen molar-refractivity contribution in [3.8, 4) is 0 Å². The van der Waals surface area contributed by atoms with Crippen molar-refractivity contribution in [2.24, 2.45) is 5.92 Å². The first-order chi connectivity index (χ1) is 9.76. The molecule has 0 unspecified atom stereocenters. The molecule has 3 rings (SSSR count). The summed E-state index contributed by atoms with van der Waals surface area (Å²) in [6.07, 6.45) is 4.62. The first kappa shape index (κ1) is 13.5. The van der Waals surface area contributed by atoms with Crippen molar-refractivity contribution in [1.29, 1.82) is 0 Å². The molecule has 1 aliphatic heterocycles. The summed E-state index contributed by atoms with van der Waals surface area (Å²) >= 11 is 0. The smallest absolute Gasteiger partial charge is 0.293 e. The third-order valence-corrected chi connectivity index (χ3v) is 4.08. The molecule has 0 aromatic carbocycles. The zero-order valence-corrected chi connectivity index (χ0v) is 12.1. The number of hydrogen-bond donors (Lipinski definition) is 1. The molecule has 0 spiro atoms. The molecular formula is C14H23N5O. The van der Waals surface area contributed by atoms with Crippen LogP contribution in [0.15, 0.2) is 0 Å². The minimum absolute atomic E-state index is 0.0327. The minimum Gasteiger partial charge on any atom is -0.333 e. The van der Waals surface area contributed by atoms with Crippen LogP contribution in [0.25, 0.3) is 0 Å². The van der Waals surface area contributed by atoms with E-state index >= 15 is 0 Å². The summed E-state index contributed by atoms with van der Waals surface area (Å²) in [6.45, 7) is 6.85. The molecule has 1 aromatic rings. The van der Waals surface area contributed by atoms with Crippen LogP contribution in [0.2, 0.25) is 0 Å². The molecule has 1 amide bonds. The van der Waals surface area contributed by atoms with Gasteiger partial charge in [0.25, 0.3) is 5.91 Å². The average Bonchev–Trinajstić information content (AvgIpc) is 3.15. The molecule has 1 saturated heterocycles. The molecule has 1 saturated carbocycles. The highest BCUT2D eigenvalue weighted by molar-refractivity contribution is 5.90. The lowest BCUT2D eigenvalue weighted by Crippen LogP contribution is -2.49. The fourth-order valence-electron chi connectivity index (χ4n) is 2.68. The number of rotatable bonds is 5. The highest BCUT2D eigenvalue weighted by atomic mass is 16.2. The van der Waals surface area contributed by atoms with E-state index in [1.165, 1.54) is 19.4 Å². The second-order valence-corrected chi connectivity index (χ2v) is 5.89. The maximum Gasteiger partial charge on any atom is 0.293 e. The molecule has 2 heterocycles. The van der Waals surface area contributed by atoms with E-state index in [0.717, 1.165) is 50.8 Å². The molecule has 0 atom stereocenters. The summed E-state index contributed by atoms with van der Waals surface area (Å²) in [5.41, 5.74) is 0. The van der Waals surface area contributed by atoms with Gasteiger partial charge in [0.15, 0.2) is 0 Å². The number of aromatic amines is 1. The van der Waals surface area contributed by atoms with Crippen LogP contribution in [-0.4, -0.2) is 63.6 Å². The van der Waals surface area contributed by atoms with Crippen molar-refractivity contribution < 1.29 is 4.79 Å². The van der Waals surface area contributed by atoms with Gasteiger partial charge in [-0.2, -0.15) is 0 Å². The molecule has 110 valence electrons. The van der Waals surface area contributed by atoms with Crippen LogP contribution < -0.4 is 0 Å². The second-order valence-electron chi connectivity index (χ2n) is 5.89. The Balaban J connectivity index is 1.52. The molecule has 2 fully saturated rings. The predicted octanol–water partition coefficient (Wildman–Crippen LogP) is 0.925. The van der Waals surface area contributed by atoms with Gasteiger partial charge >= 0.3 is 0 Å². The fraction of sp³-hybridized carbons (Fsp3) is 0.786. The maximum absolute atomic E-state index is 12.3. The van der Waals surface area contributed by atoms with Crippen LogP contribution in [0.5, 0.6) is 0 Å². The number of piperazine rings is 1. The lowest BCUT2D eigenvalue weighted by Gasteiger charge is -2.34. The maximum atomic E-state index is 12.3. The Bertz CT molecular complexity index is 460. The molecule has 0 radical (unpaired) electrons. The van der Waals surface area contributed by atoms with E-state index in [2.05, 4.69) is 27.0 Å². The van der Waals surface area contributed by atoms with Gasteiger partial charge in [-0.25, -0.2) is 4.98 Å². The first-order valence-electron chi connectivity index (χ1n) is 7.69. The largest absolute Gasteiger partial charge is 0.333 e. The summed E-state index contributed by atoms with van der Waals surface area (Å²) in [5, 5.41) is 6.90. The van der Waals surface area contributed by atoms with Gasteiger partial charge in [-0.1, -0.05) is 6.92 Å². The summed E-state index contributed by atoms with van der Waals surface area (Å²) in [6, 6.07) is 0. The molecule has 6 nitrogen and oxygen atoms in total. The Labute approximate surface area is 119 Å². The summed E-state index contributed by atoms with van der Waals surface area (Å²) in [5.74, 6) is 2.02. The number of nitrogens with zero attached hydrogens (tertiary/aromatic N) is 4. The number of aryl methyl sites for hydroxylation is 1. The highest BCUT2D eigenvalue weighted by Crippen LogP contribution is 2.29. The van der Waals surface area contributed by atoms with Gasteiger partial charge in [-0.3, -0.25) is 14.8 Å². The lowest BCUT2D eigenvalue weighted by atomic mass is 10.2. The Kier molecular flexibility index (Phi) is 4.00. The quantitative estimate of drug-likeness (QED) is 0.869. The van der Waals surface area contributed by atoms with Crippen molar-refractivity contribution in [2.75, 3.05) is 32.7 Å². The molecule has 1 aliphatic carbocycles. The molecule has 20 heavy (non-hydrogen) atoms. The van der Waals surface area contributed by atoms with Crippen LogP contribution >= 0.6 is 0 Å². The van der Waals surface area contributed by atoms with E-state index in [1.807, 2.05) is 4.90 Å². The van der Waals surface area contributed by atoms with Crippen LogP contribution in [0.3, 0.4) is 0 Å². The van der Waals surface area contributed by atoms with Gasteiger partial charge in [-0.05, 0) is 25.2 Å². The zero-order valence-electron chi connectivity index (χ0n) is 12.1. The molecule has 0 bridgehead atoms. The highest BCUT2D eigenvalue weighted by Gasteiger charge is 2.28. The van der Waals surface area contributed by atoms with Crippen molar-refractivity contribution in [3.05, 3.63) is 11.6 Å². The van der Waals surface area contributed by atoms with E-state index in [0.29, 0.717) is 5.82 Å². The Hall–Kier alpha value is -1.43. The van der Waals surface area contributed by atoms with Gasteiger partial charge in [0.05, 0.1) is 0 Å². The van der Waals surface area contributed by atoms with Crippen molar-refractivity contribution in [1.82, 2.24) is 25.0 Å². The van der Waals surface area contributed by atoms with Crippen LogP contribution in [0, 0.1) is 5.92 Å². The summed E-state index contributed by atoms with van der Waals surface area (Å²) in [4.78, 5) is 21.0. The normalized spacial score (nSPS) is 20.4. The second kappa shape index (κ2) is 5.91. The summed E-state index contributed by atoms with van der Waals surface area (Å²) < 4.78 is 0. The van der Waals surface area contributed by atoms with Gasteiger partial charge in [0.2, 0.25) is 5.82 Å². The monoisotopic (exact) mass is 277 g/mol. The number of amides is 1. The van der Waals surface area contributed by atoms with Crippen LogP contribution in [0.4, 0.5) is 0 Å². The molecular weight excluding hydrogens is 254 g/mol. The predicted molar refractivity (Wildman–Crippen MR) is 75.4 cm³/mol. The number of nitrogens with one attached hydrogen (secondary N) is 1. The van der Waals surface area contributed by atoms with E-state index in [4.69, 9.17) is 0 Å². The lowest BCUT2D eigenvalue weighted by molar-refractivity contribution is 0.0620. The third-order valence-electron chi connectivity index (χ3n) is 4.08. The molecule has 1 N–H and O–H groups in total. The van der Waals surface area contributed by atoms with Gasteiger partial charge < -0.3 is 4.90 Å². The molecule has 1 aromatic heterocycles. The van der Waals surface area contributed by atoms with Crippen molar-refractivity contribution >= 4 is 5.91 Å². The first-order valence-corrected chi connectivity index (χ1v) is 7.69. The molecule has 2 aliphatic rings. The standard InChI is InChI=1S/C14H23N5O/c1-2-3-12-15-13(17-16-12)14(20)19-8-6-18(7-9-19)10-11-4-5-11/h11H,2-10H2,1H3,(H,15,16,17). The van der Waals surface area contributed by atoms with E-state index in [9.17, 15) is 4.79 Å². The minimum atomic E-state index is -0.0327. The van der Waals surface area contributed by atoms with E-state index < -0.39 is 0 Å². The third kappa shape index (κ3) is 3.17. The Morgan fingerprint density at radius 1 is 1.30 bits per heavy atom. The van der Waals surface area contributed by atoms with Gasteiger partial charge in [-0.15, -0.1) is 5.10 Å². The van der Waals surface area contributed by atoms with Crippen molar-refractivity contribution in [3.63, 3.8) is 0 Å². The fourth-order valence-corrected chi connectivity index (χ4v) is 2.68. The van der Waals surface area contributed by atoms with Gasteiger partial charge in [0.1, 0.15) is 5.82 Å².